The van der Waals surface area contributed by atoms with Gasteiger partial charge >= 0.3 is 0 Å². The molecule has 3 heteroatoms. The molecule has 0 spiro atoms. The molecule has 0 saturated heterocycles. The Labute approximate surface area is 112 Å². The van der Waals surface area contributed by atoms with Gasteiger partial charge in [-0.05, 0) is 29.3 Å². The Hall–Kier alpha value is -2.55. The molecule has 0 unspecified atom stereocenters. The van der Waals surface area contributed by atoms with Crippen molar-refractivity contribution in [1.29, 1.82) is 0 Å². The van der Waals surface area contributed by atoms with E-state index in [2.05, 4.69) is 46.2 Å². The molecule has 0 aliphatic carbocycles. The highest BCUT2D eigenvalue weighted by molar-refractivity contribution is 5.66. The Morgan fingerprint density at radius 1 is 0.895 bits per heavy atom. The van der Waals surface area contributed by atoms with Crippen LogP contribution in [0.1, 0.15) is 11.1 Å². The van der Waals surface area contributed by atoms with Gasteiger partial charge in [-0.1, -0.05) is 36.4 Å². The van der Waals surface area contributed by atoms with Crippen LogP contribution in [0.5, 0.6) is 0 Å². The summed E-state index contributed by atoms with van der Waals surface area (Å²) in [4.78, 5) is 4.12. The largest absolute Gasteiger partial charge is 0.305 e. The van der Waals surface area contributed by atoms with Crippen molar-refractivity contribution in [3.05, 3.63) is 83.8 Å². The molecule has 1 aliphatic rings. The first kappa shape index (κ1) is 11.5. The van der Waals surface area contributed by atoms with Crippen LogP contribution in [-0.2, 0) is 6.42 Å². The van der Waals surface area contributed by atoms with Crippen LogP contribution in [0.2, 0.25) is 0 Å². The molecule has 19 heavy (non-hydrogen) atoms. The summed E-state index contributed by atoms with van der Waals surface area (Å²) in [6.07, 6.45) is 8.72. The zero-order chi connectivity index (χ0) is 12.9. The normalized spacial score (nSPS) is 13.9. The van der Waals surface area contributed by atoms with Crippen LogP contribution in [-0.4, -0.2) is 4.98 Å². The van der Waals surface area contributed by atoms with Gasteiger partial charge in [0, 0.05) is 24.5 Å². The SMILES string of the molecule is C1=C(Cc2cccnc2)NNC(c2ccccc2)=C1. The molecule has 0 bridgehead atoms. The lowest BCUT2D eigenvalue weighted by molar-refractivity contribution is 0.713. The van der Waals surface area contributed by atoms with Gasteiger partial charge in [-0.15, -0.1) is 0 Å². The average molecular weight is 249 g/mol. The van der Waals surface area contributed by atoms with Crippen LogP contribution in [0.25, 0.3) is 5.70 Å². The van der Waals surface area contributed by atoms with Gasteiger partial charge in [0.2, 0.25) is 0 Å². The minimum absolute atomic E-state index is 0.847. The van der Waals surface area contributed by atoms with E-state index in [-0.39, 0.29) is 0 Å². The Morgan fingerprint density at radius 2 is 1.79 bits per heavy atom. The van der Waals surface area contributed by atoms with Gasteiger partial charge in [0.05, 0.1) is 5.70 Å². The summed E-state index contributed by atoms with van der Waals surface area (Å²) in [6, 6.07) is 14.3. The summed E-state index contributed by atoms with van der Waals surface area (Å²) in [6.45, 7) is 0. The number of allylic oxidation sites excluding steroid dienone is 3. The standard InChI is InChI=1S/C16H15N3/c1-2-6-14(7-3-1)16-9-8-15(18-19-16)11-13-5-4-10-17-12-13/h1-10,12,18-19H,11H2. The van der Waals surface area contributed by atoms with Gasteiger partial charge in [0.25, 0.3) is 0 Å². The van der Waals surface area contributed by atoms with E-state index < -0.39 is 0 Å². The van der Waals surface area contributed by atoms with Gasteiger partial charge < -0.3 is 10.9 Å². The molecule has 2 aromatic rings. The number of aromatic nitrogens is 1. The highest BCUT2D eigenvalue weighted by Gasteiger charge is 2.06. The molecule has 2 heterocycles. The minimum Gasteiger partial charge on any atom is -0.305 e. The fraction of sp³-hybridized carbons (Fsp3) is 0.0625. The number of hydrogen-bond acceptors (Lipinski definition) is 3. The quantitative estimate of drug-likeness (QED) is 0.878. The van der Waals surface area contributed by atoms with Crippen molar-refractivity contribution in [2.24, 2.45) is 0 Å². The van der Waals surface area contributed by atoms with Crippen molar-refractivity contribution >= 4 is 5.70 Å². The maximum absolute atomic E-state index is 4.12. The summed E-state index contributed by atoms with van der Waals surface area (Å²) >= 11 is 0. The second-order valence-corrected chi connectivity index (χ2v) is 4.43. The molecule has 1 aromatic carbocycles. The monoisotopic (exact) mass is 249 g/mol. The lowest BCUT2D eigenvalue weighted by Crippen LogP contribution is -2.32. The van der Waals surface area contributed by atoms with E-state index in [1.165, 1.54) is 11.1 Å². The summed E-state index contributed by atoms with van der Waals surface area (Å²) in [7, 11) is 0. The number of benzene rings is 1. The summed E-state index contributed by atoms with van der Waals surface area (Å²) < 4.78 is 0. The first-order valence-electron chi connectivity index (χ1n) is 6.29. The van der Waals surface area contributed by atoms with Crippen LogP contribution in [0, 0.1) is 0 Å². The number of hydrazine groups is 1. The van der Waals surface area contributed by atoms with E-state index in [4.69, 9.17) is 0 Å². The maximum Gasteiger partial charge on any atom is 0.0612 e. The van der Waals surface area contributed by atoms with Gasteiger partial charge in [0.15, 0.2) is 0 Å². The lowest BCUT2D eigenvalue weighted by Gasteiger charge is -2.19. The first-order chi connectivity index (χ1) is 9.42. The number of nitrogens with one attached hydrogen (secondary N) is 2. The first-order valence-corrected chi connectivity index (χ1v) is 6.29. The van der Waals surface area contributed by atoms with E-state index in [1.54, 1.807) is 6.20 Å². The van der Waals surface area contributed by atoms with Crippen LogP contribution in [0.15, 0.2) is 72.7 Å². The van der Waals surface area contributed by atoms with E-state index in [0.717, 1.165) is 17.8 Å². The van der Waals surface area contributed by atoms with Crippen LogP contribution in [0.3, 0.4) is 0 Å². The van der Waals surface area contributed by atoms with Crippen molar-refractivity contribution in [3.8, 4) is 0 Å². The van der Waals surface area contributed by atoms with Crippen molar-refractivity contribution < 1.29 is 0 Å². The molecule has 1 aliphatic heterocycles. The molecule has 2 N–H and O–H groups in total. The zero-order valence-electron chi connectivity index (χ0n) is 10.5. The van der Waals surface area contributed by atoms with E-state index >= 15 is 0 Å². The summed E-state index contributed by atoms with van der Waals surface area (Å²) in [5.41, 5.74) is 11.0. The molecule has 94 valence electrons. The second-order valence-electron chi connectivity index (χ2n) is 4.43. The van der Waals surface area contributed by atoms with E-state index in [1.807, 2.05) is 30.5 Å². The van der Waals surface area contributed by atoms with Gasteiger partial charge in [-0.2, -0.15) is 0 Å². The Morgan fingerprint density at radius 3 is 2.47 bits per heavy atom. The molecular weight excluding hydrogens is 234 g/mol. The average Bonchev–Trinajstić information content (AvgIpc) is 2.50. The second kappa shape index (κ2) is 5.40. The molecule has 0 saturated carbocycles. The predicted octanol–water partition coefficient (Wildman–Crippen LogP) is 2.66. The number of hydrogen-bond donors (Lipinski definition) is 2. The fourth-order valence-electron chi connectivity index (χ4n) is 2.03. The molecule has 0 atom stereocenters. The van der Waals surface area contributed by atoms with Crippen LogP contribution < -0.4 is 10.9 Å². The summed E-state index contributed by atoms with van der Waals surface area (Å²) in [5, 5.41) is 0. The topological polar surface area (TPSA) is 37.0 Å². The molecular formula is C16H15N3. The predicted molar refractivity (Wildman–Crippen MR) is 76.7 cm³/mol. The third-order valence-electron chi connectivity index (χ3n) is 3.01. The number of nitrogens with zero attached hydrogens (tertiary/aromatic N) is 1. The molecule has 0 fully saturated rings. The third kappa shape index (κ3) is 2.83. The Kier molecular flexibility index (Phi) is 3.28. The van der Waals surface area contributed by atoms with Gasteiger partial charge in [-0.3, -0.25) is 4.98 Å². The maximum atomic E-state index is 4.12. The zero-order valence-corrected chi connectivity index (χ0v) is 10.5. The lowest BCUT2D eigenvalue weighted by atomic mass is 10.1. The highest BCUT2D eigenvalue weighted by atomic mass is 15.4. The minimum atomic E-state index is 0.847. The van der Waals surface area contributed by atoms with Crippen molar-refractivity contribution in [2.45, 2.75) is 6.42 Å². The van der Waals surface area contributed by atoms with E-state index in [9.17, 15) is 0 Å². The van der Waals surface area contributed by atoms with Crippen molar-refractivity contribution in [1.82, 2.24) is 15.8 Å². The molecule has 3 nitrogen and oxygen atoms in total. The Bertz CT molecular complexity index is 600. The van der Waals surface area contributed by atoms with Crippen LogP contribution in [0.4, 0.5) is 0 Å². The fourth-order valence-corrected chi connectivity index (χ4v) is 2.03. The molecule has 3 rings (SSSR count). The molecule has 1 aromatic heterocycles. The Balaban J connectivity index is 1.74. The van der Waals surface area contributed by atoms with Crippen molar-refractivity contribution in [3.63, 3.8) is 0 Å². The van der Waals surface area contributed by atoms with E-state index in [0.29, 0.717) is 0 Å². The molecule has 0 amide bonds. The van der Waals surface area contributed by atoms with Crippen molar-refractivity contribution in [2.75, 3.05) is 0 Å². The molecule has 0 radical (unpaired) electrons. The van der Waals surface area contributed by atoms with Gasteiger partial charge in [0.1, 0.15) is 0 Å². The number of rotatable bonds is 3. The van der Waals surface area contributed by atoms with Gasteiger partial charge in [-0.25, -0.2) is 0 Å². The van der Waals surface area contributed by atoms with Crippen LogP contribution >= 0.6 is 0 Å². The summed E-state index contributed by atoms with van der Waals surface area (Å²) in [5.74, 6) is 0. The highest BCUT2D eigenvalue weighted by Crippen LogP contribution is 2.15. The number of pyridine rings is 1. The third-order valence-corrected chi connectivity index (χ3v) is 3.01. The smallest absolute Gasteiger partial charge is 0.0612 e.